The Morgan fingerprint density at radius 2 is 1.94 bits per heavy atom. The SMILES string of the molecule is CC(=O)c1cc2c(cc1NC(=O)CC1CCCN(C(=O)c3cccc(O)c3)C1)OCO2. The van der Waals surface area contributed by atoms with Gasteiger partial charge in [0.1, 0.15) is 5.75 Å². The minimum atomic E-state index is -0.224. The first-order chi connectivity index (χ1) is 14.9. The summed E-state index contributed by atoms with van der Waals surface area (Å²) in [5.41, 5.74) is 1.18. The van der Waals surface area contributed by atoms with Gasteiger partial charge in [0.15, 0.2) is 17.3 Å². The summed E-state index contributed by atoms with van der Waals surface area (Å²) in [6.07, 6.45) is 1.86. The molecule has 8 nitrogen and oxygen atoms in total. The number of nitrogens with one attached hydrogen (secondary N) is 1. The summed E-state index contributed by atoms with van der Waals surface area (Å²) in [7, 11) is 0. The molecule has 0 aromatic heterocycles. The number of hydrogen-bond donors (Lipinski definition) is 2. The van der Waals surface area contributed by atoms with Crippen LogP contribution in [0.5, 0.6) is 17.2 Å². The van der Waals surface area contributed by atoms with Crippen LogP contribution in [0.1, 0.15) is 46.9 Å². The average molecular weight is 424 g/mol. The number of likely N-dealkylation sites (tertiary alicyclic amines) is 1. The van der Waals surface area contributed by atoms with Crippen molar-refractivity contribution in [2.45, 2.75) is 26.2 Å². The third-order valence-electron chi connectivity index (χ3n) is 5.54. The van der Waals surface area contributed by atoms with E-state index < -0.39 is 0 Å². The van der Waals surface area contributed by atoms with Gasteiger partial charge >= 0.3 is 0 Å². The molecule has 1 atom stereocenters. The van der Waals surface area contributed by atoms with Crippen LogP contribution in [0.15, 0.2) is 36.4 Å². The van der Waals surface area contributed by atoms with E-state index in [1.54, 1.807) is 29.2 Å². The number of phenols is 1. The van der Waals surface area contributed by atoms with Crippen LogP contribution >= 0.6 is 0 Å². The molecule has 0 spiro atoms. The summed E-state index contributed by atoms with van der Waals surface area (Å²) in [6.45, 7) is 2.58. The van der Waals surface area contributed by atoms with E-state index in [-0.39, 0.29) is 42.5 Å². The van der Waals surface area contributed by atoms with E-state index in [2.05, 4.69) is 5.32 Å². The van der Waals surface area contributed by atoms with Gasteiger partial charge in [-0.25, -0.2) is 0 Å². The molecule has 4 rings (SSSR count). The van der Waals surface area contributed by atoms with Crippen LogP contribution in [-0.4, -0.2) is 47.5 Å². The van der Waals surface area contributed by atoms with Crippen LogP contribution in [-0.2, 0) is 4.79 Å². The first kappa shape index (κ1) is 20.7. The Hall–Kier alpha value is -3.55. The third kappa shape index (κ3) is 4.63. The van der Waals surface area contributed by atoms with Gasteiger partial charge in [-0.1, -0.05) is 6.07 Å². The summed E-state index contributed by atoms with van der Waals surface area (Å²) in [6, 6.07) is 9.45. The van der Waals surface area contributed by atoms with Crippen LogP contribution in [0.2, 0.25) is 0 Å². The number of nitrogens with zero attached hydrogens (tertiary/aromatic N) is 1. The molecule has 2 heterocycles. The molecule has 31 heavy (non-hydrogen) atoms. The zero-order valence-corrected chi connectivity index (χ0v) is 17.2. The zero-order valence-electron chi connectivity index (χ0n) is 17.2. The number of phenolic OH excluding ortho intramolecular Hbond substituents is 1. The lowest BCUT2D eigenvalue weighted by Gasteiger charge is -2.32. The van der Waals surface area contributed by atoms with Crippen molar-refractivity contribution in [2.24, 2.45) is 5.92 Å². The van der Waals surface area contributed by atoms with Crippen molar-refractivity contribution < 1.29 is 29.0 Å². The number of piperidine rings is 1. The number of ketones is 1. The monoisotopic (exact) mass is 424 g/mol. The third-order valence-corrected chi connectivity index (χ3v) is 5.54. The average Bonchev–Trinajstić information content (AvgIpc) is 3.20. The normalized spacial score (nSPS) is 17.3. The van der Waals surface area contributed by atoms with Crippen LogP contribution < -0.4 is 14.8 Å². The summed E-state index contributed by atoms with van der Waals surface area (Å²) >= 11 is 0. The highest BCUT2D eigenvalue weighted by atomic mass is 16.7. The molecule has 1 fully saturated rings. The predicted octanol–water partition coefficient (Wildman–Crippen LogP) is 3.20. The maximum absolute atomic E-state index is 12.8. The number of Topliss-reactive ketones (excluding diaryl/α,β-unsaturated/α-hetero) is 1. The minimum Gasteiger partial charge on any atom is -0.508 e. The van der Waals surface area contributed by atoms with Gasteiger partial charge < -0.3 is 24.8 Å². The highest BCUT2D eigenvalue weighted by Crippen LogP contribution is 2.37. The summed E-state index contributed by atoms with van der Waals surface area (Å²) in [5, 5.41) is 12.4. The minimum absolute atomic E-state index is 0.00444. The second kappa shape index (κ2) is 8.67. The van der Waals surface area contributed by atoms with E-state index in [9.17, 15) is 19.5 Å². The standard InChI is InChI=1S/C23H24N2O6/c1-14(26)18-10-20-21(31-13-30-20)11-19(18)24-22(28)8-15-4-3-7-25(12-15)23(29)16-5-2-6-17(27)9-16/h2,5-6,9-11,15,27H,3-4,7-8,12-13H2,1H3,(H,24,28). The maximum Gasteiger partial charge on any atom is 0.253 e. The lowest BCUT2D eigenvalue weighted by molar-refractivity contribution is -0.117. The molecule has 8 heteroatoms. The molecule has 2 aliphatic rings. The summed E-state index contributed by atoms with van der Waals surface area (Å²) < 4.78 is 10.7. The van der Waals surface area contributed by atoms with E-state index >= 15 is 0 Å². The second-order valence-corrected chi connectivity index (χ2v) is 7.87. The fraction of sp³-hybridized carbons (Fsp3) is 0.348. The smallest absolute Gasteiger partial charge is 0.253 e. The van der Waals surface area contributed by atoms with Gasteiger partial charge in [0, 0.05) is 36.7 Å². The number of rotatable bonds is 5. The van der Waals surface area contributed by atoms with Crippen LogP contribution in [0.25, 0.3) is 0 Å². The Morgan fingerprint density at radius 1 is 1.16 bits per heavy atom. The van der Waals surface area contributed by atoms with Crippen molar-refractivity contribution in [1.29, 1.82) is 0 Å². The zero-order chi connectivity index (χ0) is 22.0. The van der Waals surface area contributed by atoms with Crippen molar-refractivity contribution in [3.05, 3.63) is 47.5 Å². The molecular weight excluding hydrogens is 400 g/mol. The largest absolute Gasteiger partial charge is 0.508 e. The molecular formula is C23H24N2O6. The van der Waals surface area contributed by atoms with Crippen molar-refractivity contribution >= 4 is 23.3 Å². The van der Waals surface area contributed by atoms with E-state index in [0.29, 0.717) is 41.4 Å². The Balaban J connectivity index is 1.41. The lowest BCUT2D eigenvalue weighted by Crippen LogP contribution is -2.40. The first-order valence-corrected chi connectivity index (χ1v) is 10.2. The topological polar surface area (TPSA) is 105 Å². The van der Waals surface area contributed by atoms with Crippen molar-refractivity contribution in [1.82, 2.24) is 4.90 Å². The Labute approximate surface area is 179 Å². The fourth-order valence-corrected chi connectivity index (χ4v) is 4.04. The number of amides is 2. The predicted molar refractivity (Wildman–Crippen MR) is 113 cm³/mol. The number of carbonyl (C=O) groups is 3. The highest BCUT2D eigenvalue weighted by molar-refractivity contribution is 6.04. The number of aromatic hydroxyl groups is 1. The highest BCUT2D eigenvalue weighted by Gasteiger charge is 2.27. The number of anilines is 1. The van der Waals surface area contributed by atoms with Gasteiger partial charge in [0.05, 0.1) is 5.69 Å². The Morgan fingerprint density at radius 3 is 2.68 bits per heavy atom. The van der Waals surface area contributed by atoms with Gasteiger partial charge in [-0.05, 0) is 49.9 Å². The van der Waals surface area contributed by atoms with Gasteiger partial charge in [0.25, 0.3) is 5.91 Å². The van der Waals surface area contributed by atoms with Gasteiger partial charge in [-0.2, -0.15) is 0 Å². The summed E-state index contributed by atoms with van der Waals surface area (Å²) in [4.78, 5) is 39.2. The molecule has 0 saturated carbocycles. The Kier molecular flexibility index (Phi) is 5.79. The van der Waals surface area contributed by atoms with Crippen molar-refractivity contribution in [3.8, 4) is 17.2 Å². The fourth-order valence-electron chi connectivity index (χ4n) is 4.04. The number of carbonyl (C=O) groups excluding carboxylic acids is 3. The number of benzene rings is 2. The van der Waals surface area contributed by atoms with Crippen molar-refractivity contribution in [2.75, 3.05) is 25.2 Å². The van der Waals surface area contributed by atoms with E-state index in [4.69, 9.17) is 9.47 Å². The molecule has 0 bridgehead atoms. The molecule has 0 radical (unpaired) electrons. The number of ether oxygens (including phenoxy) is 2. The first-order valence-electron chi connectivity index (χ1n) is 10.2. The van der Waals surface area contributed by atoms with Crippen LogP contribution in [0.4, 0.5) is 5.69 Å². The molecule has 2 amide bonds. The molecule has 0 aliphatic carbocycles. The molecule has 2 aromatic carbocycles. The molecule has 162 valence electrons. The Bertz CT molecular complexity index is 1030. The van der Waals surface area contributed by atoms with Crippen LogP contribution in [0.3, 0.4) is 0 Å². The quantitative estimate of drug-likeness (QED) is 0.714. The lowest BCUT2D eigenvalue weighted by atomic mass is 9.93. The second-order valence-electron chi connectivity index (χ2n) is 7.87. The summed E-state index contributed by atoms with van der Waals surface area (Å²) in [5.74, 6) is 0.453. The van der Waals surface area contributed by atoms with E-state index in [1.165, 1.54) is 19.1 Å². The van der Waals surface area contributed by atoms with Gasteiger partial charge in [-0.15, -0.1) is 0 Å². The van der Waals surface area contributed by atoms with Gasteiger partial charge in [0.2, 0.25) is 12.7 Å². The molecule has 1 saturated heterocycles. The van der Waals surface area contributed by atoms with Crippen LogP contribution in [0, 0.1) is 5.92 Å². The molecule has 2 aromatic rings. The van der Waals surface area contributed by atoms with E-state index in [1.807, 2.05) is 0 Å². The number of fused-ring (bicyclic) bond motifs is 1. The van der Waals surface area contributed by atoms with Gasteiger partial charge in [-0.3, -0.25) is 14.4 Å². The molecule has 2 N–H and O–H groups in total. The number of hydrogen-bond acceptors (Lipinski definition) is 6. The molecule has 2 aliphatic heterocycles. The van der Waals surface area contributed by atoms with Crippen molar-refractivity contribution in [3.63, 3.8) is 0 Å². The maximum atomic E-state index is 12.8. The van der Waals surface area contributed by atoms with E-state index in [0.717, 1.165) is 12.8 Å². The molecule has 1 unspecified atom stereocenters.